The molecule has 3 aliphatic carbocycles. The third-order valence-corrected chi connectivity index (χ3v) is 3.94. The fourth-order valence-electron chi connectivity index (χ4n) is 2.83. The molecule has 98 valence electrons. The van der Waals surface area contributed by atoms with E-state index in [1.165, 1.54) is 31.4 Å². The van der Waals surface area contributed by atoms with Crippen molar-refractivity contribution in [2.24, 2.45) is 5.92 Å². The zero-order valence-electron chi connectivity index (χ0n) is 9.76. The molecule has 0 aliphatic heterocycles. The standard InChI is InChI=1S/C13H14F3NO/c14-11-3-10(18-12(15)16)2-1-9(11)7-17-13-4-8(5-13)6-13/h1-3,8,12,17H,4-7H2. The molecule has 0 radical (unpaired) electrons. The summed E-state index contributed by atoms with van der Waals surface area (Å²) in [5.41, 5.74) is 0.719. The van der Waals surface area contributed by atoms with E-state index in [9.17, 15) is 13.2 Å². The van der Waals surface area contributed by atoms with Crippen molar-refractivity contribution in [2.75, 3.05) is 0 Å². The molecule has 2 nitrogen and oxygen atoms in total. The van der Waals surface area contributed by atoms with E-state index in [1.54, 1.807) is 0 Å². The molecule has 2 bridgehead atoms. The van der Waals surface area contributed by atoms with Crippen LogP contribution in [0.4, 0.5) is 13.2 Å². The minimum atomic E-state index is -2.92. The van der Waals surface area contributed by atoms with Crippen molar-refractivity contribution in [3.63, 3.8) is 0 Å². The fraction of sp³-hybridized carbons (Fsp3) is 0.538. The summed E-state index contributed by atoms with van der Waals surface area (Å²) in [7, 11) is 0. The Labute approximate surface area is 103 Å². The molecular formula is C13H14F3NO. The summed E-state index contributed by atoms with van der Waals surface area (Å²) in [5, 5.41) is 3.35. The van der Waals surface area contributed by atoms with E-state index in [-0.39, 0.29) is 11.3 Å². The van der Waals surface area contributed by atoms with Crippen molar-refractivity contribution in [1.82, 2.24) is 5.32 Å². The number of benzene rings is 1. The molecule has 1 aromatic rings. The molecule has 0 heterocycles. The highest BCUT2D eigenvalue weighted by molar-refractivity contribution is 5.29. The molecule has 3 fully saturated rings. The molecule has 1 N–H and O–H groups in total. The summed E-state index contributed by atoms with van der Waals surface area (Å²) in [5.74, 6) is 0.216. The number of nitrogens with one attached hydrogen (secondary N) is 1. The lowest BCUT2D eigenvalue weighted by molar-refractivity contribution is -0.0522. The largest absolute Gasteiger partial charge is 0.435 e. The second-order valence-corrected chi connectivity index (χ2v) is 5.24. The number of rotatable bonds is 5. The van der Waals surface area contributed by atoms with Crippen molar-refractivity contribution in [3.05, 3.63) is 29.6 Å². The van der Waals surface area contributed by atoms with Crippen LogP contribution in [0.25, 0.3) is 0 Å². The van der Waals surface area contributed by atoms with Crippen LogP contribution in [-0.4, -0.2) is 12.2 Å². The van der Waals surface area contributed by atoms with Gasteiger partial charge in [-0.1, -0.05) is 6.07 Å². The van der Waals surface area contributed by atoms with Gasteiger partial charge in [0, 0.05) is 23.7 Å². The van der Waals surface area contributed by atoms with E-state index in [0.717, 1.165) is 12.0 Å². The Morgan fingerprint density at radius 2 is 2.06 bits per heavy atom. The number of hydrogen-bond acceptors (Lipinski definition) is 2. The van der Waals surface area contributed by atoms with Crippen LogP contribution in [0.5, 0.6) is 5.75 Å². The Balaban J connectivity index is 1.61. The third-order valence-electron chi connectivity index (χ3n) is 3.94. The summed E-state index contributed by atoms with van der Waals surface area (Å²) < 4.78 is 41.7. The van der Waals surface area contributed by atoms with E-state index < -0.39 is 12.4 Å². The van der Waals surface area contributed by atoms with Gasteiger partial charge >= 0.3 is 6.61 Å². The molecule has 18 heavy (non-hydrogen) atoms. The molecular weight excluding hydrogens is 243 g/mol. The first-order valence-electron chi connectivity index (χ1n) is 6.05. The van der Waals surface area contributed by atoms with Crippen LogP contribution in [0, 0.1) is 11.7 Å². The average Bonchev–Trinajstić information content (AvgIpc) is 2.15. The van der Waals surface area contributed by atoms with Crippen LogP contribution in [0.15, 0.2) is 18.2 Å². The van der Waals surface area contributed by atoms with Gasteiger partial charge in [0.25, 0.3) is 0 Å². The maximum atomic E-state index is 13.6. The number of ether oxygens (including phenoxy) is 1. The van der Waals surface area contributed by atoms with Gasteiger partial charge in [-0.3, -0.25) is 0 Å². The molecule has 0 saturated heterocycles. The number of hydrogen-bond donors (Lipinski definition) is 1. The predicted molar refractivity (Wildman–Crippen MR) is 59.9 cm³/mol. The summed E-state index contributed by atoms with van der Waals surface area (Å²) in [6, 6.07) is 3.87. The zero-order chi connectivity index (χ0) is 12.8. The van der Waals surface area contributed by atoms with Crippen LogP contribution in [0.3, 0.4) is 0 Å². The molecule has 0 spiro atoms. The molecule has 0 aromatic heterocycles. The summed E-state index contributed by atoms with van der Waals surface area (Å²) in [6.07, 6.45) is 3.55. The van der Waals surface area contributed by atoms with E-state index in [1.807, 2.05) is 0 Å². The molecule has 0 atom stereocenters. The smallest absolute Gasteiger partial charge is 0.387 e. The monoisotopic (exact) mass is 257 g/mol. The van der Waals surface area contributed by atoms with Gasteiger partial charge in [0.1, 0.15) is 11.6 Å². The summed E-state index contributed by atoms with van der Waals surface area (Å²) in [6.45, 7) is -2.48. The first-order valence-corrected chi connectivity index (χ1v) is 6.05. The predicted octanol–water partition coefficient (Wildman–Crippen LogP) is 3.07. The van der Waals surface area contributed by atoms with Gasteiger partial charge in [0.05, 0.1) is 0 Å². The fourth-order valence-corrected chi connectivity index (χ4v) is 2.83. The molecule has 0 unspecified atom stereocenters. The third kappa shape index (κ3) is 2.07. The van der Waals surface area contributed by atoms with E-state index in [4.69, 9.17) is 0 Å². The maximum Gasteiger partial charge on any atom is 0.387 e. The van der Waals surface area contributed by atoms with Crippen LogP contribution < -0.4 is 10.1 Å². The molecule has 0 amide bonds. The van der Waals surface area contributed by atoms with Gasteiger partial charge < -0.3 is 10.1 Å². The van der Waals surface area contributed by atoms with E-state index >= 15 is 0 Å². The SMILES string of the molecule is Fc1cc(OC(F)F)ccc1CNC12CC(C1)C2. The van der Waals surface area contributed by atoms with Gasteiger partial charge in [-0.05, 0) is 31.2 Å². The van der Waals surface area contributed by atoms with Gasteiger partial charge in [0.15, 0.2) is 0 Å². The number of alkyl halides is 2. The van der Waals surface area contributed by atoms with Crippen molar-refractivity contribution in [2.45, 2.75) is 38.0 Å². The van der Waals surface area contributed by atoms with Gasteiger partial charge in [-0.2, -0.15) is 8.78 Å². The average molecular weight is 257 g/mol. The summed E-state index contributed by atoms with van der Waals surface area (Å²) in [4.78, 5) is 0. The highest BCUT2D eigenvalue weighted by Gasteiger charge is 2.55. The van der Waals surface area contributed by atoms with Gasteiger partial charge in [0.2, 0.25) is 0 Å². The topological polar surface area (TPSA) is 21.3 Å². The Kier molecular flexibility index (Phi) is 2.73. The Morgan fingerprint density at radius 3 is 2.56 bits per heavy atom. The maximum absolute atomic E-state index is 13.6. The molecule has 3 saturated carbocycles. The first kappa shape index (κ1) is 11.8. The van der Waals surface area contributed by atoms with Crippen molar-refractivity contribution < 1.29 is 17.9 Å². The normalized spacial score (nSPS) is 28.8. The second kappa shape index (κ2) is 4.16. The highest BCUT2D eigenvalue weighted by Crippen LogP contribution is 2.57. The number of halogens is 3. The minimum Gasteiger partial charge on any atom is -0.435 e. The van der Waals surface area contributed by atoms with Crippen LogP contribution >= 0.6 is 0 Å². The Morgan fingerprint density at radius 1 is 1.33 bits per heavy atom. The lowest BCUT2D eigenvalue weighted by Crippen LogP contribution is -2.66. The first-order chi connectivity index (χ1) is 8.56. The van der Waals surface area contributed by atoms with Crippen molar-refractivity contribution in [3.8, 4) is 5.75 Å². The lowest BCUT2D eigenvalue weighted by Gasteiger charge is -2.62. The zero-order valence-corrected chi connectivity index (χ0v) is 9.76. The Bertz CT molecular complexity index is 447. The van der Waals surface area contributed by atoms with Gasteiger partial charge in [-0.25, -0.2) is 4.39 Å². The van der Waals surface area contributed by atoms with Crippen LogP contribution in [0.1, 0.15) is 24.8 Å². The minimum absolute atomic E-state index is 0.142. The van der Waals surface area contributed by atoms with Gasteiger partial charge in [-0.15, -0.1) is 0 Å². The molecule has 1 aromatic carbocycles. The molecule has 3 aliphatic rings. The second-order valence-electron chi connectivity index (χ2n) is 5.24. The van der Waals surface area contributed by atoms with Crippen molar-refractivity contribution in [1.29, 1.82) is 0 Å². The van der Waals surface area contributed by atoms with E-state index in [0.29, 0.717) is 12.1 Å². The van der Waals surface area contributed by atoms with Crippen molar-refractivity contribution >= 4 is 0 Å². The van der Waals surface area contributed by atoms with Crippen LogP contribution in [0.2, 0.25) is 0 Å². The highest BCUT2D eigenvalue weighted by atomic mass is 19.3. The quantitative estimate of drug-likeness (QED) is 0.875. The summed E-state index contributed by atoms with van der Waals surface area (Å²) >= 11 is 0. The lowest BCUT2D eigenvalue weighted by atomic mass is 9.50. The molecule has 5 heteroatoms. The Hall–Kier alpha value is -1.23. The van der Waals surface area contributed by atoms with E-state index in [2.05, 4.69) is 10.1 Å². The molecule has 4 rings (SSSR count). The van der Waals surface area contributed by atoms with Crippen LogP contribution in [-0.2, 0) is 6.54 Å².